The van der Waals surface area contributed by atoms with E-state index >= 15 is 0 Å². The Labute approximate surface area is 151 Å². The number of carbonyl (C=O) groups is 1. The molecule has 0 aliphatic heterocycles. The summed E-state index contributed by atoms with van der Waals surface area (Å²) in [4.78, 5) is 12.0. The summed E-state index contributed by atoms with van der Waals surface area (Å²) in [7, 11) is 0. The summed E-state index contributed by atoms with van der Waals surface area (Å²) in [6.45, 7) is 8.84. The van der Waals surface area contributed by atoms with Gasteiger partial charge in [-0.25, -0.2) is 0 Å². The van der Waals surface area contributed by atoms with E-state index in [1.54, 1.807) is 0 Å². The molecule has 0 radical (unpaired) electrons. The molecule has 25 heavy (non-hydrogen) atoms. The van der Waals surface area contributed by atoms with Crippen LogP contribution in [0.5, 0.6) is 0 Å². The summed E-state index contributed by atoms with van der Waals surface area (Å²) < 4.78 is 0. The zero-order valence-corrected chi connectivity index (χ0v) is 16.2. The number of hydrogen-bond acceptors (Lipinski definition) is 3. The molecule has 0 aromatic heterocycles. The Morgan fingerprint density at radius 2 is 2.00 bits per heavy atom. The van der Waals surface area contributed by atoms with Crippen LogP contribution in [0.25, 0.3) is 0 Å². The highest BCUT2D eigenvalue weighted by Gasteiger charge is 2.63. The van der Waals surface area contributed by atoms with Gasteiger partial charge in [0.25, 0.3) is 0 Å². The second kappa shape index (κ2) is 5.66. The van der Waals surface area contributed by atoms with E-state index in [1.165, 1.54) is 12.0 Å². The molecule has 3 heteroatoms. The average Bonchev–Trinajstić information content (AvgIpc) is 2.85. The third kappa shape index (κ3) is 2.34. The van der Waals surface area contributed by atoms with Crippen molar-refractivity contribution < 1.29 is 15.0 Å². The van der Waals surface area contributed by atoms with Crippen LogP contribution in [0.2, 0.25) is 0 Å². The van der Waals surface area contributed by atoms with Crippen LogP contribution < -0.4 is 0 Å². The molecule has 3 nitrogen and oxygen atoms in total. The molecule has 0 heterocycles. The lowest BCUT2D eigenvalue weighted by Crippen LogP contribution is -2.58. The van der Waals surface area contributed by atoms with Crippen molar-refractivity contribution in [3.63, 3.8) is 0 Å². The number of ketones is 1. The molecular formula is C22H34O3. The Hall–Kier alpha value is -0.670. The molecule has 4 aliphatic rings. The first kappa shape index (κ1) is 17.7. The molecule has 4 rings (SSSR count). The highest BCUT2D eigenvalue weighted by atomic mass is 16.3. The molecule has 0 spiro atoms. The molecule has 140 valence electrons. The predicted octanol–water partition coefficient (Wildman–Crippen LogP) is 3.73. The van der Waals surface area contributed by atoms with Crippen LogP contribution in [0.15, 0.2) is 11.6 Å². The van der Waals surface area contributed by atoms with Gasteiger partial charge >= 0.3 is 0 Å². The number of fused-ring (bicyclic) bond motifs is 5. The number of carbonyl (C=O) groups excluding carboxylic acids is 1. The Morgan fingerprint density at radius 3 is 2.68 bits per heavy atom. The quantitative estimate of drug-likeness (QED) is 0.760. The largest absolute Gasteiger partial charge is 0.393 e. The molecule has 9 unspecified atom stereocenters. The predicted molar refractivity (Wildman–Crippen MR) is 97.8 cm³/mol. The second-order valence-corrected chi connectivity index (χ2v) is 10.1. The van der Waals surface area contributed by atoms with Crippen molar-refractivity contribution in [1.29, 1.82) is 0 Å². The highest BCUT2D eigenvalue weighted by Crippen LogP contribution is 2.67. The van der Waals surface area contributed by atoms with Crippen molar-refractivity contribution in [3.05, 3.63) is 11.6 Å². The Balaban J connectivity index is 1.75. The van der Waals surface area contributed by atoms with Crippen molar-refractivity contribution in [2.24, 2.45) is 40.4 Å². The van der Waals surface area contributed by atoms with Crippen molar-refractivity contribution in [3.8, 4) is 0 Å². The first-order valence-corrected chi connectivity index (χ1v) is 10.3. The number of aliphatic hydroxyl groups is 2. The maximum absolute atomic E-state index is 12.0. The molecule has 0 saturated heterocycles. The van der Waals surface area contributed by atoms with Gasteiger partial charge in [0, 0.05) is 6.42 Å². The summed E-state index contributed by atoms with van der Waals surface area (Å²) in [6, 6.07) is 0. The van der Waals surface area contributed by atoms with E-state index in [-0.39, 0.29) is 34.7 Å². The Morgan fingerprint density at radius 1 is 1.28 bits per heavy atom. The van der Waals surface area contributed by atoms with E-state index < -0.39 is 0 Å². The molecule has 3 saturated carbocycles. The molecule has 4 aliphatic carbocycles. The number of aliphatic hydroxyl groups excluding tert-OH is 2. The van der Waals surface area contributed by atoms with E-state index in [4.69, 9.17) is 0 Å². The van der Waals surface area contributed by atoms with Gasteiger partial charge in [-0.2, -0.15) is 0 Å². The maximum atomic E-state index is 12.0. The van der Waals surface area contributed by atoms with E-state index in [0.29, 0.717) is 30.1 Å². The van der Waals surface area contributed by atoms with Crippen LogP contribution in [-0.2, 0) is 4.79 Å². The zero-order valence-electron chi connectivity index (χ0n) is 16.2. The van der Waals surface area contributed by atoms with Gasteiger partial charge in [-0.1, -0.05) is 26.3 Å². The standard InChI is InChI=1S/C22H34O3/c1-12-9-15-17-6-5-16(13(2)23)22(17,4)11-19(25)20(15)21(3)8-7-14(24)10-18(12)21/h10,12-13,15-17,19-20,23,25H,5-9,11H2,1-4H3. The smallest absolute Gasteiger partial charge is 0.155 e. The minimum atomic E-state index is -0.320. The Kier molecular flexibility index (Phi) is 4.01. The van der Waals surface area contributed by atoms with Gasteiger partial charge in [-0.3, -0.25) is 4.79 Å². The number of hydrogen-bond donors (Lipinski definition) is 2. The van der Waals surface area contributed by atoms with Crippen LogP contribution in [0.1, 0.15) is 66.2 Å². The summed E-state index contributed by atoms with van der Waals surface area (Å²) in [5.41, 5.74) is 1.33. The van der Waals surface area contributed by atoms with Crippen LogP contribution in [0.3, 0.4) is 0 Å². The monoisotopic (exact) mass is 346 g/mol. The molecule has 3 fully saturated rings. The second-order valence-electron chi connectivity index (χ2n) is 10.1. The minimum absolute atomic E-state index is 0.0279. The average molecular weight is 347 g/mol. The minimum Gasteiger partial charge on any atom is -0.393 e. The summed E-state index contributed by atoms with van der Waals surface area (Å²) >= 11 is 0. The third-order valence-electron chi connectivity index (χ3n) is 8.87. The number of allylic oxidation sites excluding steroid dienone is 1. The maximum Gasteiger partial charge on any atom is 0.155 e. The van der Waals surface area contributed by atoms with E-state index in [1.807, 2.05) is 13.0 Å². The fourth-order valence-corrected chi connectivity index (χ4v) is 7.95. The van der Waals surface area contributed by atoms with Crippen LogP contribution in [0.4, 0.5) is 0 Å². The van der Waals surface area contributed by atoms with Crippen molar-refractivity contribution in [1.82, 2.24) is 0 Å². The van der Waals surface area contributed by atoms with Crippen LogP contribution in [0, 0.1) is 40.4 Å². The van der Waals surface area contributed by atoms with Gasteiger partial charge in [-0.15, -0.1) is 0 Å². The molecule has 2 N–H and O–H groups in total. The van der Waals surface area contributed by atoms with Crippen LogP contribution >= 0.6 is 0 Å². The lowest BCUT2D eigenvalue weighted by molar-refractivity contribution is -0.145. The molecular weight excluding hydrogens is 312 g/mol. The lowest BCUT2D eigenvalue weighted by atomic mass is 9.44. The summed E-state index contributed by atoms with van der Waals surface area (Å²) in [5, 5.41) is 21.6. The molecule has 0 aromatic carbocycles. The summed E-state index contributed by atoms with van der Waals surface area (Å²) in [5.74, 6) is 2.38. The van der Waals surface area contributed by atoms with Crippen molar-refractivity contribution in [2.45, 2.75) is 78.4 Å². The van der Waals surface area contributed by atoms with E-state index in [0.717, 1.165) is 25.7 Å². The topological polar surface area (TPSA) is 57.5 Å². The molecule has 0 aromatic rings. The molecule has 0 bridgehead atoms. The van der Waals surface area contributed by atoms with Crippen molar-refractivity contribution in [2.75, 3.05) is 0 Å². The van der Waals surface area contributed by atoms with Gasteiger partial charge < -0.3 is 10.2 Å². The zero-order chi connectivity index (χ0) is 18.1. The van der Waals surface area contributed by atoms with E-state index in [2.05, 4.69) is 20.8 Å². The number of rotatable bonds is 1. The van der Waals surface area contributed by atoms with Gasteiger partial charge in [0.1, 0.15) is 0 Å². The fourth-order valence-electron chi connectivity index (χ4n) is 7.95. The van der Waals surface area contributed by atoms with Crippen LogP contribution in [-0.4, -0.2) is 28.2 Å². The fraction of sp³-hybridized carbons (Fsp3) is 0.864. The highest BCUT2D eigenvalue weighted by molar-refractivity contribution is 5.91. The van der Waals surface area contributed by atoms with Gasteiger partial charge in [0.05, 0.1) is 12.2 Å². The SMILES string of the molecule is CC1CC2C(C(O)CC3(C)C(C(C)O)CCC23)C2(C)CCC(=O)C=C12. The van der Waals surface area contributed by atoms with E-state index in [9.17, 15) is 15.0 Å². The Bertz CT molecular complexity index is 608. The van der Waals surface area contributed by atoms with Gasteiger partial charge in [0.15, 0.2) is 5.78 Å². The normalized spacial score (nSPS) is 53.5. The third-order valence-corrected chi connectivity index (χ3v) is 8.87. The molecule has 9 atom stereocenters. The van der Waals surface area contributed by atoms with Gasteiger partial charge in [0.2, 0.25) is 0 Å². The summed E-state index contributed by atoms with van der Waals surface area (Å²) in [6.07, 6.45) is 6.98. The first-order valence-electron chi connectivity index (χ1n) is 10.3. The van der Waals surface area contributed by atoms with Gasteiger partial charge in [-0.05, 0) is 85.5 Å². The lowest BCUT2D eigenvalue weighted by Gasteiger charge is -2.61. The first-order chi connectivity index (χ1) is 11.7. The molecule has 0 amide bonds. The van der Waals surface area contributed by atoms with Crippen molar-refractivity contribution >= 4 is 5.78 Å².